The number of rotatable bonds is 4. The van der Waals surface area contributed by atoms with Crippen LogP contribution in [0.5, 0.6) is 0 Å². The Labute approximate surface area is 163 Å². The summed E-state index contributed by atoms with van der Waals surface area (Å²) in [6.07, 6.45) is 4.05. The average molecular weight is 388 g/mol. The molecule has 3 heterocycles. The van der Waals surface area contributed by atoms with Crippen molar-refractivity contribution in [2.24, 2.45) is 5.41 Å². The lowest BCUT2D eigenvalue weighted by Gasteiger charge is -2.38. The lowest BCUT2D eigenvalue weighted by Crippen LogP contribution is -2.44. The molecule has 0 saturated carbocycles. The van der Waals surface area contributed by atoms with E-state index in [1.165, 1.54) is 12.3 Å². The minimum Gasteiger partial charge on any atom is -0.441 e. The molecule has 0 bridgehead atoms. The minimum absolute atomic E-state index is 0.00531. The molecule has 0 unspecified atom stereocenters. The van der Waals surface area contributed by atoms with Crippen LogP contribution in [0.2, 0.25) is 0 Å². The Bertz CT molecular complexity index is 816. The molecular weight excluding hydrogens is 363 g/mol. The van der Waals surface area contributed by atoms with E-state index in [9.17, 15) is 9.18 Å². The van der Waals surface area contributed by atoms with E-state index in [1.54, 1.807) is 18.2 Å². The number of amides is 1. The number of hydrogen-bond donors (Lipinski definition) is 0. The maximum atomic E-state index is 13.9. The summed E-state index contributed by atoms with van der Waals surface area (Å²) in [5, 5.41) is 0. The zero-order valence-electron chi connectivity index (χ0n) is 15.9. The molecule has 1 spiro atoms. The van der Waals surface area contributed by atoms with Gasteiger partial charge in [0.15, 0.2) is 11.7 Å². The molecule has 7 heteroatoms. The summed E-state index contributed by atoms with van der Waals surface area (Å²) in [5.74, 6) is 0.540. The van der Waals surface area contributed by atoms with E-state index < -0.39 is 0 Å². The molecule has 2 aliphatic rings. The summed E-state index contributed by atoms with van der Waals surface area (Å²) < 4.78 is 30.8. The van der Waals surface area contributed by atoms with Crippen molar-refractivity contribution in [1.82, 2.24) is 9.88 Å². The van der Waals surface area contributed by atoms with Crippen LogP contribution in [0.1, 0.15) is 25.2 Å². The van der Waals surface area contributed by atoms with Gasteiger partial charge in [-0.1, -0.05) is 12.1 Å². The van der Waals surface area contributed by atoms with Crippen LogP contribution in [0, 0.1) is 11.2 Å². The summed E-state index contributed by atoms with van der Waals surface area (Å²) in [6.45, 7) is 4.01. The Morgan fingerprint density at radius 3 is 2.82 bits per heavy atom. The third kappa shape index (κ3) is 4.25. The van der Waals surface area contributed by atoms with Gasteiger partial charge in [0, 0.05) is 44.6 Å². The fourth-order valence-corrected chi connectivity index (χ4v) is 3.90. The van der Waals surface area contributed by atoms with Gasteiger partial charge >= 0.3 is 0 Å². The number of nitrogens with zero attached hydrogens (tertiary/aromatic N) is 2. The largest absolute Gasteiger partial charge is 0.441 e. The zero-order valence-corrected chi connectivity index (χ0v) is 15.9. The third-order valence-electron chi connectivity index (χ3n) is 5.59. The predicted octanol–water partition coefficient (Wildman–Crippen LogP) is 3.07. The molecule has 2 aromatic rings. The van der Waals surface area contributed by atoms with E-state index in [0.29, 0.717) is 56.4 Å². The minimum atomic E-state index is -0.354. The van der Waals surface area contributed by atoms with Crippen molar-refractivity contribution < 1.29 is 23.1 Å². The van der Waals surface area contributed by atoms with E-state index in [1.807, 2.05) is 4.90 Å². The molecule has 2 aliphatic heterocycles. The number of aromatic nitrogens is 1. The van der Waals surface area contributed by atoms with E-state index >= 15 is 0 Å². The van der Waals surface area contributed by atoms with E-state index in [4.69, 9.17) is 13.9 Å². The first-order valence-electron chi connectivity index (χ1n) is 9.78. The molecule has 1 aromatic heterocycles. The SMILES string of the molecule is O=C(CCc1ncc(-c2ccccc2F)o1)N1CCOCC2(CCOCC2)C1. The zero-order chi connectivity index (χ0) is 19.4. The molecule has 28 heavy (non-hydrogen) atoms. The monoisotopic (exact) mass is 388 g/mol. The van der Waals surface area contributed by atoms with Crippen LogP contribution in [0.4, 0.5) is 4.39 Å². The highest BCUT2D eigenvalue weighted by Crippen LogP contribution is 2.33. The molecule has 2 saturated heterocycles. The van der Waals surface area contributed by atoms with Crippen LogP contribution in [0.3, 0.4) is 0 Å². The second-order valence-corrected chi connectivity index (χ2v) is 7.58. The van der Waals surface area contributed by atoms with Gasteiger partial charge < -0.3 is 18.8 Å². The van der Waals surface area contributed by atoms with Crippen LogP contribution in [0.25, 0.3) is 11.3 Å². The number of ether oxygens (including phenoxy) is 2. The molecule has 4 rings (SSSR count). The molecule has 6 nitrogen and oxygen atoms in total. The second kappa shape index (κ2) is 8.41. The first-order valence-corrected chi connectivity index (χ1v) is 9.78. The predicted molar refractivity (Wildman–Crippen MR) is 100 cm³/mol. The maximum absolute atomic E-state index is 13.9. The van der Waals surface area contributed by atoms with Crippen molar-refractivity contribution in [3.63, 3.8) is 0 Å². The molecule has 0 radical (unpaired) electrons. The molecule has 0 aliphatic carbocycles. The summed E-state index contributed by atoms with van der Waals surface area (Å²) in [6, 6.07) is 6.41. The van der Waals surface area contributed by atoms with Gasteiger partial charge in [-0.05, 0) is 25.0 Å². The highest BCUT2D eigenvalue weighted by Gasteiger charge is 2.37. The first-order chi connectivity index (χ1) is 13.7. The topological polar surface area (TPSA) is 64.8 Å². The lowest BCUT2D eigenvalue weighted by molar-refractivity contribution is -0.133. The molecule has 150 valence electrons. The number of oxazole rings is 1. The number of hydrogen-bond acceptors (Lipinski definition) is 5. The van der Waals surface area contributed by atoms with Crippen molar-refractivity contribution >= 4 is 5.91 Å². The molecular formula is C21H25FN2O4. The summed E-state index contributed by atoms with van der Waals surface area (Å²) in [4.78, 5) is 18.9. The van der Waals surface area contributed by atoms with Crippen LogP contribution >= 0.6 is 0 Å². The Balaban J connectivity index is 1.37. The van der Waals surface area contributed by atoms with E-state index in [0.717, 1.165) is 26.1 Å². The van der Waals surface area contributed by atoms with Crippen LogP contribution in [0.15, 0.2) is 34.9 Å². The van der Waals surface area contributed by atoms with Crippen molar-refractivity contribution in [3.8, 4) is 11.3 Å². The molecule has 2 fully saturated rings. The van der Waals surface area contributed by atoms with Crippen LogP contribution in [-0.4, -0.2) is 55.3 Å². The Hall–Kier alpha value is -2.25. The molecule has 0 N–H and O–H groups in total. The second-order valence-electron chi connectivity index (χ2n) is 7.58. The van der Waals surface area contributed by atoms with Crippen molar-refractivity contribution in [2.45, 2.75) is 25.7 Å². The summed E-state index contributed by atoms with van der Waals surface area (Å²) >= 11 is 0. The number of carbonyl (C=O) groups is 1. The molecule has 1 amide bonds. The highest BCUT2D eigenvalue weighted by molar-refractivity contribution is 5.76. The number of carbonyl (C=O) groups excluding carboxylic acids is 1. The van der Waals surface area contributed by atoms with Crippen molar-refractivity contribution in [1.29, 1.82) is 0 Å². The smallest absolute Gasteiger partial charge is 0.223 e. The highest BCUT2D eigenvalue weighted by atomic mass is 19.1. The third-order valence-corrected chi connectivity index (χ3v) is 5.59. The Kier molecular flexibility index (Phi) is 5.73. The standard InChI is InChI=1S/C21H25FN2O4/c22-17-4-2-1-3-16(17)18-13-23-19(28-18)5-6-20(25)24-9-12-27-15-21(14-24)7-10-26-11-8-21/h1-4,13H,5-12,14-15H2. The van der Waals surface area contributed by atoms with E-state index in [-0.39, 0.29) is 17.1 Å². The molecule has 1 aromatic carbocycles. The van der Waals surface area contributed by atoms with Crippen LogP contribution in [-0.2, 0) is 20.7 Å². The summed E-state index contributed by atoms with van der Waals surface area (Å²) in [5.41, 5.74) is 0.379. The maximum Gasteiger partial charge on any atom is 0.223 e. The van der Waals surface area contributed by atoms with E-state index in [2.05, 4.69) is 4.98 Å². The van der Waals surface area contributed by atoms with Gasteiger partial charge in [-0.15, -0.1) is 0 Å². The fraction of sp³-hybridized carbons (Fsp3) is 0.524. The fourth-order valence-electron chi connectivity index (χ4n) is 3.90. The van der Waals surface area contributed by atoms with Crippen molar-refractivity contribution in [3.05, 3.63) is 42.2 Å². The lowest BCUT2D eigenvalue weighted by atomic mass is 9.80. The van der Waals surface area contributed by atoms with Crippen LogP contribution < -0.4 is 0 Å². The number of halogens is 1. The van der Waals surface area contributed by atoms with Gasteiger partial charge in [-0.25, -0.2) is 9.37 Å². The number of aryl methyl sites for hydroxylation is 1. The quantitative estimate of drug-likeness (QED) is 0.805. The Morgan fingerprint density at radius 1 is 1.18 bits per heavy atom. The van der Waals surface area contributed by atoms with Gasteiger partial charge in [-0.2, -0.15) is 0 Å². The average Bonchev–Trinajstić information content (AvgIpc) is 3.09. The van der Waals surface area contributed by atoms with Gasteiger partial charge in [0.05, 0.1) is 25.0 Å². The Morgan fingerprint density at radius 2 is 2.00 bits per heavy atom. The van der Waals surface area contributed by atoms with Gasteiger partial charge in [0.25, 0.3) is 0 Å². The van der Waals surface area contributed by atoms with Crippen molar-refractivity contribution in [2.75, 3.05) is 39.5 Å². The first kappa shape index (κ1) is 19.1. The van der Waals surface area contributed by atoms with Gasteiger partial charge in [0.2, 0.25) is 5.91 Å². The number of benzene rings is 1. The summed E-state index contributed by atoms with van der Waals surface area (Å²) in [7, 11) is 0. The van der Waals surface area contributed by atoms with Gasteiger partial charge in [0.1, 0.15) is 5.82 Å². The van der Waals surface area contributed by atoms with Gasteiger partial charge in [-0.3, -0.25) is 4.79 Å². The molecule has 0 atom stereocenters. The normalized spacial score (nSPS) is 19.5.